The van der Waals surface area contributed by atoms with Crippen molar-refractivity contribution >= 4 is 27.5 Å². The monoisotopic (exact) mass is 470 g/mol. The molecule has 1 amide bonds. The first-order valence-corrected chi connectivity index (χ1v) is 11.7. The molecule has 0 unspecified atom stereocenters. The van der Waals surface area contributed by atoms with Crippen molar-refractivity contribution in [2.45, 2.75) is 42.4 Å². The van der Waals surface area contributed by atoms with Crippen molar-refractivity contribution in [2.75, 3.05) is 13.2 Å². The van der Waals surface area contributed by atoms with Gasteiger partial charge in [-0.3, -0.25) is 4.79 Å². The summed E-state index contributed by atoms with van der Waals surface area (Å²) in [5.74, 6) is -1.11. The molecule has 1 aliphatic heterocycles. The van der Waals surface area contributed by atoms with Crippen molar-refractivity contribution in [1.82, 2.24) is 10.0 Å². The van der Waals surface area contributed by atoms with Gasteiger partial charge < -0.3 is 15.2 Å². The van der Waals surface area contributed by atoms with Gasteiger partial charge in [-0.15, -0.1) is 0 Å². The lowest BCUT2D eigenvalue weighted by Crippen LogP contribution is -2.51. The SMILES string of the molecule is O=C(NCC[C@H]1CC[C@@H](NS(=O)(=O)c2ccc(Cl)cc2)[C@H](CO)O1)c1ccccc1F. The third-order valence-electron chi connectivity index (χ3n) is 5.10. The second-order valence-corrected chi connectivity index (χ2v) is 9.41. The van der Waals surface area contributed by atoms with E-state index in [1.807, 2.05) is 0 Å². The summed E-state index contributed by atoms with van der Waals surface area (Å²) in [6.07, 6.45) is 0.467. The fourth-order valence-corrected chi connectivity index (χ4v) is 4.87. The molecule has 0 bridgehead atoms. The normalized spacial score (nSPS) is 21.6. The van der Waals surface area contributed by atoms with Gasteiger partial charge in [0.25, 0.3) is 5.91 Å². The molecule has 7 nitrogen and oxygen atoms in total. The minimum Gasteiger partial charge on any atom is -0.394 e. The molecule has 1 aliphatic rings. The lowest BCUT2D eigenvalue weighted by molar-refractivity contribution is -0.0871. The number of carbonyl (C=O) groups is 1. The molecule has 0 radical (unpaired) electrons. The Labute approximate surface area is 185 Å². The molecule has 0 aliphatic carbocycles. The second kappa shape index (κ2) is 10.5. The van der Waals surface area contributed by atoms with Gasteiger partial charge in [0.2, 0.25) is 10.0 Å². The van der Waals surface area contributed by atoms with Crippen LogP contribution >= 0.6 is 11.6 Å². The van der Waals surface area contributed by atoms with Crippen LogP contribution in [0.5, 0.6) is 0 Å². The molecule has 0 saturated carbocycles. The van der Waals surface area contributed by atoms with Crippen LogP contribution in [-0.2, 0) is 14.8 Å². The zero-order valence-electron chi connectivity index (χ0n) is 16.6. The Morgan fingerprint density at radius 3 is 2.55 bits per heavy atom. The van der Waals surface area contributed by atoms with Gasteiger partial charge in [0, 0.05) is 11.6 Å². The van der Waals surface area contributed by atoms with Crippen LogP contribution < -0.4 is 10.0 Å². The number of nitrogens with one attached hydrogen (secondary N) is 2. The van der Waals surface area contributed by atoms with E-state index in [0.717, 1.165) is 0 Å². The summed E-state index contributed by atoms with van der Waals surface area (Å²) in [4.78, 5) is 12.2. The maximum Gasteiger partial charge on any atom is 0.254 e. The highest BCUT2D eigenvalue weighted by atomic mass is 35.5. The van der Waals surface area contributed by atoms with Crippen molar-refractivity contribution in [3.05, 3.63) is 64.9 Å². The van der Waals surface area contributed by atoms with Crippen LogP contribution in [0, 0.1) is 5.82 Å². The minimum absolute atomic E-state index is 0.0306. The molecule has 0 aromatic heterocycles. The summed E-state index contributed by atoms with van der Waals surface area (Å²) < 4.78 is 47.3. The Morgan fingerprint density at radius 1 is 1.16 bits per heavy atom. The third kappa shape index (κ3) is 6.24. The van der Waals surface area contributed by atoms with Crippen LogP contribution in [0.25, 0.3) is 0 Å². The lowest BCUT2D eigenvalue weighted by atomic mass is 9.98. The highest BCUT2D eigenvalue weighted by Crippen LogP contribution is 2.24. The summed E-state index contributed by atoms with van der Waals surface area (Å²) >= 11 is 5.81. The largest absolute Gasteiger partial charge is 0.394 e. The highest BCUT2D eigenvalue weighted by molar-refractivity contribution is 7.89. The van der Waals surface area contributed by atoms with Crippen LogP contribution in [0.15, 0.2) is 53.4 Å². The number of sulfonamides is 1. The molecular weight excluding hydrogens is 447 g/mol. The fraction of sp³-hybridized carbons (Fsp3) is 0.381. The molecule has 1 heterocycles. The predicted molar refractivity (Wildman–Crippen MR) is 114 cm³/mol. The zero-order chi connectivity index (χ0) is 22.4. The highest BCUT2D eigenvalue weighted by Gasteiger charge is 2.33. The Hall–Kier alpha value is -2.04. The van der Waals surface area contributed by atoms with Crippen LogP contribution in [0.4, 0.5) is 4.39 Å². The number of halogens is 2. The molecule has 10 heteroatoms. The maximum atomic E-state index is 13.7. The number of ether oxygens (including phenoxy) is 1. The van der Waals surface area contributed by atoms with E-state index >= 15 is 0 Å². The molecule has 3 atom stereocenters. The second-order valence-electron chi connectivity index (χ2n) is 7.26. The van der Waals surface area contributed by atoms with Gasteiger partial charge in [0.05, 0.1) is 35.3 Å². The van der Waals surface area contributed by atoms with E-state index in [0.29, 0.717) is 24.3 Å². The molecule has 3 N–H and O–H groups in total. The van der Waals surface area contributed by atoms with Crippen molar-refractivity contribution in [3.63, 3.8) is 0 Å². The number of aliphatic hydroxyl groups excluding tert-OH is 1. The van der Waals surface area contributed by atoms with Crippen molar-refractivity contribution in [2.24, 2.45) is 0 Å². The van der Waals surface area contributed by atoms with Gasteiger partial charge in [-0.25, -0.2) is 17.5 Å². The Morgan fingerprint density at radius 2 is 1.87 bits per heavy atom. The molecule has 1 saturated heterocycles. The topological polar surface area (TPSA) is 105 Å². The molecular formula is C21H24ClFN2O5S. The van der Waals surface area contributed by atoms with Crippen molar-refractivity contribution in [1.29, 1.82) is 0 Å². The zero-order valence-corrected chi connectivity index (χ0v) is 18.2. The molecule has 2 aromatic carbocycles. The maximum absolute atomic E-state index is 13.7. The number of hydrogen-bond donors (Lipinski definition) is 3. The average molecular weight is 471 g/mol. The minimum atomic E-state index is -3.79. The lowest BCUT2D eigenvalue weighted by Gasteiger charge is -2.36. The van der Waals surface area contributed by atoms with Gasteiger partial charge in [0.1, 0.15) is 5.82 Å². The summed E-state index contributed by atoms with van der Waals surface area (Å²) in [7, 11) is -3.79. The standard InChI is InChI=1S/C21H24ClFN2O5S/c22-14-5-8-16(9-6-14)31(28,29)25-19-10-7-15(30-20(19)13-26)11-12-24-21(27)17-3-1-2-4-18(17)23/h1-6,8-9,15,19-20,25-26H,7,10-13H2,(H,24,27)/t15-,19-,20+/m1/s1. The molecule has 2 aromatic rings. The molecule has 31 heavy (non-hydrogen) atoms. The first-order chi connectivity index (χ1) is 14.8. The van der Waals surface area contributed by atoms with Gasteiger partial charge in [0.15, 0.2) is 0 Å². The molecule has 0 spiro atoms. The first-order valence-electron chi connectivity index (χ1n) is 9.87. The molecule has 3 rings (SSSR count). The van der Waals surface area contributed by atoms with Crippen molar-refractivity contribution in [3.8, 4) is 0 Å². The Kier molecular flexibility index (Phi) is 8.01. The number of carbonyl (C=O) groups excluding carboxylic acids is 1. The van der Waals surface area contributed by atoms with E-state index in [1.165, 1.54) is 42.5 Å². The van der Waals surface area contributed by atoms with E-state index in [-0.39, 0.29) is 29.7 Å². The van der Waals surface area contributed by atoms with Gasteiger partial charge in [-0.05, 0) is 55.7 Å². The summed E-state index contributed by atoms with van der Waals surface area (Å²) in [5, 5.41) is 12.8. The number of amides is 1. The summed E-state index contributed by atoms with van der Waals surface area (Å²) in [5.41, 5.74) is -0.0306. The van der Waals surface area contributed by atoms with Gasteiger partial charge in [-0.1, -0.05) is 23.7 Å². The Balaban J connectivity index is 1.51. The number of rotatable bonds is 8. The molecule has 1 fully saturated rings. The first kappa shape index (κ1) is 23.6. The summed E-state index contributed by atoms with van der Waals surface area (Å²) in [6, 6.07) is 10.9. The van der Waals surface area contributed by atoms with Gasteiger partial charge in [-0.2, -0.15) is 0 Å². The van der Waals surface area contributed by atoms with E-state index in [4.69, 9.17) is 16.3 Å². The fourth-order valence-electron chi connectivity index (χ4n) is 3.45. The number of benzene rings is 2. The summed E-state index contributed by atoms with van der Waals surface area (Å²) in [6.45, 7) is -0.0942. The van der Waals surface area contributed by atoms with Gasteiger partial charge >= 0.3 is 0 Å². The van der Waals surface area contributed by atoms with E-state index < -0.39 is 33.9 Å². The van der Waals surface area contributed by atoms with Crippen molar-refractivity contribution < 1.29 is 27.4 Å². The molecule has 168 valence electrons. The van der Waals surface area contributed by atoms with Crippen LogP contribution in [0.2, 0.25) is 5.02 Å². The van der Waals surface area contributed by atoms with Crippen LogP contribution in [0.3, 0.4) is 0 Å². The number of hydrogen-bond acceptors (Lipinski definition) is 5. The third-order valence-corrected chi connectivity index (χ3v) is 6.85. The van der Waals surface area contributed by atoms with E-state index in [9.17, 15) is 22.7 Å². The quantitative estimate of drug-likeness (QED) is 0.549. The van der Waals surface area contributed by atoms with E-state index in [1.54, 1.807) is 6.07 Å². The van der Waals surface area contributed by atoms with E-state index in [2.05, 4.69) is 10.0 Å². The number of aliphatic hydroxyl groups is 1. The van der Waals surface area contributed by atoms with Crippen LogP contribution in [0.1, 0.15) is 29.6 Å². The predicted octanol–water partition coefficient (Wildman–Crippen LogP) is 2.49. The van der Waals surface area contributed by atoms with Crippen LogP contribution in [-0.4, -0.2) is 50.8 Å². The smallest absolute Gasteiger partial charge is 0.254 e. The Bertz CT molecular complexity index is 1000. The average Bonchev–Trinajstić information content (AvgIpc) is 2.75.